The molecule has 57 heavy (non-hydrogen) atoms. The molecule has 0 radical (unpaired) electrons. The largest absolute Gasteiger partial charge is 0.478 e. The Hall–Kier alpha value is -4.68. The number of likely N-dealkylation sites (tertiary alicyclic amines) is 2. The second-order valence-corrected chi connectivity index (χ2v) is 15.4. The maximum absolute atomic E-state index is 13.8. The van der Waals surface area contributed by atoms with Crippen molar-refractivity contribution in [2.75, 3.05) is 32.8 Å². The van der Waals surface area contributed by atoms with Gasteiger partial charge in [0.25, 0.3) is 5.91 Å². The molecule has 2 saturated heterocycles. The Balaban J connectivity index is 1.20. The zero-order valence-electron chi connectivity index (χ0n) is 30.4. The van der Waals surface area contributed by atoms with E-state index in [4.69, 9.17) is 4.74 Å². The number of benzene rings is 2. The molecule has 3 aromatic rings. The number of hydrogen-bond donors (Lipinski definition) is 1. The first-order valence-electron chi connectivity index (χ1n) is 18.0. The molecule has 1 spiro atoms. The average Bonchev–Trinajstić information content (AvgIpc) is 3.75. The molecule has 2 aliphatic heterocycles. The Labute approximate surface area is 319 Å². The van der Waals surface area contributed by atoms with E-state index < -0.39 is 83.8 Å². The van der Waals surface area contributed by atoms with E-state index >= 15 is 0 Å². The lowest BCUT2D eigenvalue weighted by Crippen LogP contribution is -2.68. The normalized spacial score (nSPS) is 21.5. The highest BCUT2D eigenvalue weighted by molar-refractivity contribution is 5.94. The van der Waals surface area contributed by atoms with E-state index in [0.29, 0.717) is 16.0 Å². The van der Waals surface area contributed by atoms with Gasteiger partial charge >= 0.3 is 24.5 Å². The summed E-state index contributed by atoms with van der Waals surface area (Å²) in [5.41, 5.74) is -4.69. The fourth-order valence-corrected chi connectivity index (χ4v) is 8.26. The summed E-state index contributed by atoms with van der Waals surface area (Å²) < 4.78 is 143. The standard InChI is InChI=1S/C38H38F10N4O5/c1-34(37(43,44)45,38(46,47)48)33(56)51-20-35(21-51)19-50(31(53)25-13-49-52(15-25)14-22-5-11-28(39)12-6-22)16-27(35)18-57-17-24-3-2-4-29(30(24)32(54)55)23-7-9-26(10-8-23)36(40,41)42/h2-6,11-13,15,23,26-27H,7-10,14,16-21H2,1H3,(H,54,55)/t23?,26?,27-/m0/s1. The van der Waals surface area contributed by atoms with Gasteiger partial charge in [0.05, 0.1) is 43.0 Å². The van der Waals surface area contributed by atoms with E-state index in [9.17, 15) is 63.4 Å². The van der Waals surface area contributed by atoms with Crippen molar-refractivity contribution in [1.82, 2.24) is 19.6 Å². The van der Waals surface area contributed by atoms with E-state index in [2.05, 4.69) is 5.10 Å². The van der Waals surface area contributed by atoms with Crippen molar-refractivity contribution in [1.29, 1.82) is 0 Å². The molecule has 2 amide bonds. The number of ether oxygens (including phenoxy) is 1. The van der Waals surface area contributed by atoms with Gasteiger partial charge in [-0.3, -0.25) is 14.3 Å². The fraction of sp³-hybridized carbons (Fsp3) is 0.526. The van der Waals surface area contributed by atoms with E-state index in [0.717, 1.165) is 0 Å². The molecular weight excluding hydrogens is 782 g/mol. The van der Waals surface area contributed by atoms with Gasteiger partial charge in [0.2, 0.25) is 11.3 Å². The highest BCUT2D eigenvalue weighted by Gasteiger charge is 2.74. The van der Waals surface area contributed by atoms with Crippen LogP contribution in [0.1, 0.15) is 75.9 Å². The van der Waals surface area contributed by atoms with Crippen LogP contribution in [0.4, 0.5) is 43.9 Å². The molecule has 3 heterocycles. The summed E-state index contributed by atoms with van der Waals surface area (Å²) in [5.74, 6) is -7.21. The zero-order valence-corrected chi connectivity index (χ0v) is 30.4. The van der Waals surface area contributed by atoms with Crippen LogP contribution >= 0.6 is 0 Å². The maximum Gasteiger partial charge on any atom is 0.411 e. The summed E-state index contributed by atoms with van der Waals surface area (Å²) in [6.07, 6.45) is -13.7. The highest BCUT2D eigenvalue weighted by atomic mass is 19.4. The molecule has 19 heteroatoms. The van der Waals surface area contributed by atoms with Crippen molar-refractivity contribution in [3.05, 3.63) is 88.5 Å². The van der Waals surface area contributed by atoms with Crippen molar-refractivity contribution >= 4 is 17.8 Å². The van der Waals surface area contributed by atoms with Gasteiger partial charge in [-0.05, 0) is 67.3 Å². The van der Waals surface area contributed by atoms with Crippen LogP contribution in [0.5, 0.6) is 0 Å². The molecule has 1 aromatic heterocycles. The number of alkyl halides is 9. The third kappa shape index (κ3) is 8.21. The fourth-order valence-electron chi connectivity index (χ4n) is 8.26. The number of carboxylic acids is 1. The monoisotopic (exact) mass is 820 g/mol. The second kappa shape index (κ2) is 15.2. The zero-order chi connectivity index (χ0) is 41.7. The van der Waals surface area contributed by atoms with Crippen LogP contribution in [0.3, 0.4) is 0 Å². The molecule has 310 valence electrons. The van der Waals surface area contributed by atoms with Gasteiger partial charge in [-0.25, -0.2) is 9.18 Å². The molecule has 3 aliphatic rings. The van der Waals surface area contributed by atoms with Gasteiger partial charge in [0.15, 0.2) is 0 Å². The molecule has 0 bridgehead atoms. The summed E-state index contributed by atoms with van der Waals surface area (Å²) in [5, 5.41) is 14.3. The van der Waals surface area contributed by atoms with E-state index in [1.807, 2.05) is 0 Å². The lowest BCUT2D eigenvalue weighted by atomic mass is 9.70. The Morgan fingerprint density at radius 3 is 2.07 bits per heavy atom. The lowest BCUT2D eigenvalue weighted by molar-refractivity contribution is -0.324. The molecule has 1 N–H and O–H groups in total. The number of amides is 2. The highest BCUT2D eigenvalue weighted by Crippen LogP contribution is 2.54. The summed E-state index contributed by atoms with van der Waals surface area (Å²) in [6, 6.07) is 10.1. The van der Waals surface area contributed by atoms with Crippen molar-refractivity contribution in [2.45, 2.75) is 70.2 Å². The number of aromatic nitrogens is 2. The number of carbonyl (C=O) groups excluding carboxylic acids is 2. The van der Waals surface area contributed by atoms with E-state index in [1.165, 1.54) is 52.3 Å². The summed E-state index contributed by atoms with van der Waals surface area (Å²) in [6.45, 7) is -2.00. The van der Waals surface area contributed by atoms with Crippen LogP contribution in [0.15, 0.2) is 54.9 Å². The quantitative estimate of drug-likeness (QED) is 0.209. The third-order valence-corrected chi connectivity index (χ3v) is 11.7. The lowest BCUT2D eigenvalue weighted by Gasteiger charge is -2.53. The Morgan fingerprint density at radius 2 is 1.49 bits per heavy atom. The van der Waals surface area contributed by atoms with Crippen molar-refractivity contribution < 1.29 is 68.1 Å². The van der Waals surface area contributed by atoms with Crippen molar-refractivity contribution in [2.24, 2.45) is 22.7 Å². The molecule has 9 nitrogen and oxygen atoms in total. The van der Waals surface area contributed by atoms with Crippen LogP contribution in [-0.4, -0.2) is 93.8 Å². The van der Waals surface area contributed by atoms with Gasteiger partial charge in [0, 0.05) is 43.7 Å². The Bertz CT molecular complexity index is 1950. The number of carbonyl (C=O) groups is 3. The molecule has 6 rings (SSSR count). The number of halogens is 10. The van der Waals surface area contributed by atoms with E-state index in [-0.39, 0.29) is 82.1 Å². The Kier molecular flexibility index (Phi) is 11.2. The van der Waals surface area contributed by atoms with Gasteiger partial charge in [-0.2, -0.15) is 44.6 Å². The molecule has 2 aromatic carbocycles. The molecule has 1 aliphatic carbocycles. The predicted octanol–water partition coefficient (Wildman–Crippen LogP) is 7.85. The van der Waals surface area contributed by atoms with Gasteiger partial charge in [0.1, 0.15) is 5.82 Å². The van der Waals surface area contributed by atoms with Crippen LogP contribution < -0.4 is 0 Å². The number of carboxylic acid groups (broad SMARTS) is 1. The number of nitrogens with zero attached hydrogens (tertiary/aromatic N) is 4. The first-order valence-corrected chi connectivity index (χ1v) is 18.0. The van der Waals surface area contributed by atoms with E-state index in [1.54, 1.807) is 12.1 Å². The first-order chi connectivity index (χ1) is 26.5. The van der Waals surface area contributed by atoms with Crippen molar-refractivity contribution in [3.63, 3.8) is 0 Å². The SMILES string of the molecule is CC(C(=O)N1CC2(CN(C(=O)c3cnn(Cc4ccc(F)cc4)c3)C[C@H]2COCc2cccc(C3CCC(C(F)(F)F)CC3)c2C(=O)O)C1)(C(F)(F)F)C(F)(F)F. The minimum Gasteiger partial charge on any atom is -0.478 e. The predicted molar refractivity (Wildman–Crippen MR) is 180 cm³/mol. The topological polar surface area (TPSA) is 105 Å². The number of rotatable bonds is 10. The van der Waals surface area contributed by atoms with Gasteiger partial charge < -0.3 is 19.6 Å². The molecule has 1 atom stereocenters. The van der Waals surface area contributed by atoms with Crippen LogP contribution in [0.25, 0.3) is 0 Å². The third-order valence-electron chi connectivity index (χ3n) is 11.7. The van der Waals surface area contributed by atoms with Crippen LogP contribution in [0.2, 0.25) is 0 Å². The van der Waals surface area contributed by atoms with Crippen LogP contribution in [-0.2, 0) is 22.7 Å². The number of aromatic carboxylic acids is 1. The Morgan fingerprint density at radius 1 is 0.877 bits per heavy atom. The molecule has 0 unspecified atom stereocenters. The van der Waals surface area contributed by atoms with Crippen LogP contribution in [0, 0.1) is 28.5 Å². The summed E-state index contributed by atoms with van der Waals surface area (Å²) in [4.78, 5) is 41.0. The van der Waals surface area contributed by atoms with Gasteiger partial charge in [-0.15, -0.1) is 0 Å². The minimum atomic E-state index is -5.96. The first kappa shape index (κ1) is 41.9. The maximum atomic E-state index is 13.8. The molecular formula is C38H38F10N4O5. The summed E-state index contributed by atoms with van der Waals surface area (Å²) >= 11 is 0. The average molecular weight is 821 g/mol. The minimum absolute atomic E-state index is 0.0892. The van der Waals surface area contributed by atoms with Crippen molar-refractivity contribution in [3.8, 4) is 0 Å². The smallest absolute Gasteiger partial charge is 0.411 e. The summed E-state index contributed by atoms with van der Waals surface area (Å²) in [7, 11) is 0. The molecule has 3 fully saturated rings. The molecule has 1 saturated carbocycles. The van der Waals surface area contributed by atoms with Gasteiger partial charge in [-0.1, -0.05) is 30.3 Å². The number of hydrogen-bond acceptors (Lipinski definition) is 5. The second-order valence-electron chi connectivity index (χ2n) is 15.4.